The van der Waals surface area contributed by atoms with Crippen molar-refractivity contribution in [2.75, 3.05) is 19.8 Å². The summed E-state index contributed by atoms with van der Waals surface area (Å²) in [5.74, 6) is 0.849. The SMILES string of the molecule is Cc1cc(=O)oc2cc(OCC(=O)NCCOc3ccc(Cl)cc3)ccc12. The summed E-state index contributed by atoms with van der Waals surface area (Å²) in [4.78, 5) is 23.3. The minimum absolute atomic E-state index is 0.150. The quantitative estimate of drug-likeness (QED) is 0.497. The van der Waals surface area contributed by atoms with Crippen LogP contribution in [0.25, 0.3) is 11.0 Å². The number of hydrogen-bond donors (Lipinski definition) is 1. The van der Waals surface area contributed by atoms with Gasteiger partial charge in [0, 0.05) is 22.5 Å². The van der Waals surface area contributed by atoms with E-state index in [1.54, 1.807) is 42.5 Å². The van der Waals surface area contributed by atoms with Crippen LogP contribution in [0.3, 0.4) is 0 Å². The summed E-state index contributed by atoms with van der Waals surface area (Å²) >= 11 is 5.80. The number of aryl methyl sites for hydroxylation is 1. The Hall–Kier alpha value is -2.99. The molecule has 0 saturated heterocycles. The standard InChI is InChI=1S/C20H18ClNO5/c1-13-10-20(24)27-18-11-16(6-7-17(13)18)26-12-19(23)22-8-9-25-15-4-2-14(21)3-5-15/h2-7,10-11H,8-9,12H2,1H3,(H,22,23). The predicted octanol–water partition coefficient (Wildman–Crippen LogP) is 3.33. The number of rotatable bonds is 7. The molecular weight excluding hydrogens is 370 g/mol. The zero-order valence-corrected chi connectivity index (χ0v) is 15.4. The zero-order valence-electron chi connectivity index (χ0n) is 14.7. The lowest BCUT2D eigenvalue weighted by molar-refractivity contribution is -0.123. The number of carbonyl (C=O) groups is 1. The molecule has 0 atom stereocenters. The van der Waals surface area contributed by atoms with Gasteiger partial charge in [-0.1, -0.05) is 11.6 Å². The van der Waals surface area contributed by atoms with E-state index in [0.717, 1.165) is 10.9 Å². The summed E-state index contributed by atoms with van der Waals surface area (Å²) in [7, 11) is 0. The minimum atomic E-state index is -0.421. The van der Waals surface area contributed by atoms with Gasteiger partial charge in [-0.2, -0.15) is 0 Å². The second kappa shape index (κ2) is 8.60. The van der Waals surface area contributed by atoms with E-state index in [1.165, 1.54) is 6.07 Å². The normalized spacial score (nSPS) is 10.6. The molecule has 7 heteroatoms. The lowest BCUT2D eigenvalue weighted by atomic mass is 10.1. The van der Waals surface area contributed by atoms with Crippen LogP contribution in [-0.4, -0.2) is 25.7 Å². The molecule has 0 spiro atoms. The molecule has 1 aromatic heterocycles. The highest BCUT2D eigenvalue weighted by molar-refractivity contribution is 6.30. The van der Waals surface area contributed by atoms with Crippen LogP contribution in [-0.2, 0) is 4.79 Å². The smallest absolute Gasteiger partial charge is 0.336 e. The summed E-state index contributed by atoms with van der Waals surface area (Å²) < 4.78 is 16.1. The third-order valence-electron chi connectivity index (χ3n) is 3.80. The Labute approximate surface area is 160 Å². The molecule has 3 rings (SSSR count). The molecule has 0 unspecified atom stereocenters. The number of ether oxygens (including phenoxy) is 2. The Kier molecular flexibility index (Phi) is 5.98. The van der Waals surface area contributed by atoms with E-state index >= 15 is 0 Å². The molecule has 0 aliphatic heterocycles. The van der Waals surface area contributed by atoms with Crippen LogP contribution in [0.2, 0.25) is 5.02 Å². The van der Waals surface area contributed by atoms with E-state index in [-0.39, 0.29) is 12.5 Å². The van der Waals surface area contributed by atoms with Gasteiger partial charge in [0.05, 0.1) is 6.54 Å². The Morgan fingerprint density at radius 1 is 1.07 bits per heavy atom. The van der Waals surface area contributed by atoms with Crippen LogP contribution in [0.15, 0.2) is 57.7 Å². The maximum atomic E-state index is 11.9. The van der Waals surface area contributed by atoms with E-state index < -0.39 is 5.63 Å². The van der Waals surface area contributed by atoms with E-state index in [9.17, 15) is 9.59 Å². The van der Waals surface area contributed by atoms with Crippen LogP contribution < -0.4 is 20.4 Å². The van der Waals surface area contributed by atoms with Crippen molar-refractivity contribution in [2.45, 2.75) is 6.92 Å². The summed E-state index contributed by atoms with van der Waals surface area (Å²) in [6, 6.07) is 13.5. The van der Waals surface area contributed by atoms with Crippen molar-refractivity contribution in [3.05, 3.63) is 69.5 Å². The third kappa shape index (κ3) is 5.24. The molecular formula is C20H18ClNO5. The van der Waals surface area contributed by atoms with Crippen LogP contribution in [0, 0.1) is 6.92 Å². The van der Waals surface area contributed by atoms with Gasteiger partial charge >= 0.3 is 5.63 Å². The Balaban J connectivity index is 1.45. The number of benzene rings is 2. The molecule has 0 fully saturated rings. The van der Waals surface area contributed by atoms with Crippen molar-refractivity contribution in [1.82, 2.24) is 5.32 Å². The van der Waals surface area contributed by atoms with Crippen molar-refractivity contribution in [1.29, 1.82) is 0 Å². The Bertz CT molecular complexity index is 997. The number of hydrogen-bond acceptors (Lipinski definition) is 5. The van der Waals surface area contributed by atoms with Gasteiger partial charge in [0.25, 0.3) is 5.91 Å². The van der Waals surface area contributed by atoms with Crippen molar-refractivity contribution in [3.8, 4) is 11.5 Å². The number of fused-ring (bicyclic) bond motifs is 1. The number of amides is 1. The van der Waals surface area contributed by atoms with Gasteiger partial charge in [0.15, 0.2) is 6.61 Å². The van der Waals surface area contributed by atoms with E-state index in [4.69, 9.17) is 25.5 Å². The van der Waals surface area contributed by atoms with Crippen LogP contribution in [0.5, 0.6) is 11.5 Å². The van der Waals surface area contributed by atoms with Gasteiger partial charge in [-0.3, -0.25) is 4.79 Å². The molecule has 1 N–H and O–H groups in total. The summed E-state index contributed by atoms with van der Waals surface area (Å²) in [5, 5.41) is 4.16. The molecule has 0 aliphatic rings. The van der Waals surface area contributed by atoms with E-state index in [2.05, 4.69) is 5.32 Å². The van der Waals surface area contributed by atoms with Gasteiger partial charge in [0.1, 0.15) is 23.7 Å². The molecule has 1 heterocycles. The third-order valence-corrected chi connectivity index (χ3v) is 4.05. The molecule has 2 aromatic carbocycles. The second-order valence-corrected chi connectivity index (χ2v) is 6.28. The first-order valence-electron chi connectivity index (χ1n) is 8.33. The molecule has 1 amide bonds. The first kappa shape index (κ1) is 18.8. The fourth-order valence-electron chi connectivity index (χ4n) is 2.49. The second-order valence-electron chi connectivity index (χ2n) is 5.85. The Morgan fingerprint density at radius 3 is 2.59 bits per heavy atom. The van der Waals surface area contributed by atoms with Gasteiger partial charge in [0.2, 0.25) is 0 Å². The highest BCUT2D eigenvalue weighted by Gasteiger charge is 2.06. The molecule has 140 valence electrons. The average Bonchev–Trinajstić information content (AvgIpc) is 2.64. The fourth-order valence-corrected chi connectivity index (χ4v) is 2.61. The summed E-state index contributed by atoms with van der Waals surface area (Å²) in [6.07, 6.45) is 0. The average molecular weight is 388 g/mol. The molecule has 0 saturated carbocycles. The molecule has 0 aliphatic carbocycles. The number of carbonyl (C=O) groups excluding carboxylic acids is 1. The van der Waals surface area contributed by atoms with Crippen molar-refractivity contribution >= 4 is 28.5 Å². The first-order chi connectivity index (χ1) is 13.0. The highest BCUT2D eigenvalue weighted by atomic mass is 35.5. The lowest BCUT2D eigenvalue weighted by Crippen LogP contribution is -2.32. The van der Waals surface area contributed by atoms with E-state index in [1.807, 2.05) is 6.92 Å². The van der Waals surface area contributed by atoms with Crippen molar-refractivity contribution in [2.24, 2.45) is 0 Å². The maximum Gasteiger partial charge on any atom is 0.336 e. The molecule has 0 bridgehead atoms. The van der Waals surface area contributed by atoms with Crippen molar-refractivity contribution in [3.63, 3.8) is 0 Å². The molecule has 3 aromatic rings. The minimum Gasteiger partial charge on any atom is -0.492 e. The predicted molar refractivity (Wildman–Crippen MR) is 103 cm³/mol. The topological polar surface area (TPSA) is 77.8 Å². The van der Waals surface area contributed by atoms with Gasteiger partial charge in [-0.25, -0.2) is 4.79 Å². The monoisotopic (exact) mass is 387 g/mol. The fraction of sp³-hybridized carbons (Fsp3) is 0.200. The highest BCUT2D eigenvalue weighted by Crippen LogP contribution is 2.22. The zero-order chi connectivity index (χ0) is 19.2. The van der Waals surface area contributed by atoms with Crippen LogP contribution in [0.1, 0.15) is 5.56 Å². The maximum absolute atomic E-state index is 11.9. The lowest BCUT2D eigenvalue weighted by Gasteiger charge is -2.09. The van der Waals surface area contributed by atoms with E-state index in [0.29, 0.717) is 35.3 Å². The number of halogens is 1. The van der Waals surface area contributed by atoms with Crippen LogP contribution in [0.4, 0.5) is 0 Å². The number of nitrogens with one attached hydrogen (secondary N) is 1. The summed E-state index contributed by atoms with van der Waals surface area (Å²) in [6.45, 7) is 2.35. The van der Waals surface area contributed by atoms with Gasteiger partial charge < -0.3 is 19.2 Å². The van der Waals surface area contributed by atoms with Gasteiger partial charge in [-0.05, 0) is 48.9 Å². The first-order valence-corrected chi connectivity index (χ1v) is 8.71. The molecule has 0 radical (unpaired) electrons. The van der Waals surface area contributed by atoms with Crippen molar-refractivity contribution < 1.29 is 18.7 Å². The summed E-state index contributed by atoms with van der Waals surface area (Å²) in [5.41, 5.74) is 0.830. The van der Waals surface area contributed by atoms with Crippen LogP contribution >= 0.6 is 11.6 Å². The molecule has 6 nitrogen and oxygen atoms in total. The van der Waals surface area contributed by atoms with Gasteiger partial charge in [-0.15, -0.1) is 0 Å². The largest absolute Gasteiger partial charge is 0.492 e. The Morgan fingerprint density at radius 2 is 1.81 bits per heavy atom. The molecule has 27 heavy (non-hydrogen) atoms.